The lowest BCUT2D eigenvalue weighted by molar-refractivity contribution is -0.0376. The monoisotopic (exact) mass is 425 g/mol. The Morgan fingerprint density at radius 3 is 2.04 bits per heavy atom. The summed E-state index contributed by atoms with van der Waals surface area (Å²) in [6, 6.07) is 9.13. The zero-order valence-electron chi connectivity index (χ0n) is 18.9. The van der Waals surface area contributed by atoms with Gasteiger partial charge in [0, 0.05) is 16.5 Å². The Kier molecular flexibility index (Phi) is 7.12. The van der Waals surface area contributed by atoms with Crippen LogP contribution in [0.5, 0.6) is 0 Å². The van der Waals surface area contributed by atoms with Crippen LogP contribution in [0.25, 0.3) is 0 Å². The maximum absolute atomic E-state index is 6.79. The molecule has 0 radical (unpaired) electrons. The molecular formula is C22H40ClNOSi2. The number of likely N-dealkylation sites (N-methyl/N-ethyl adjacent to an activating group) is 1. The largest absolute Gasteiger partial charge is 0.414 e. The molecule has 27 heavy (non-hydrogen) atoms. The van der Waals surface area contributed by atoms with Crippen LogP contribution in [0.3, 0.4) is 0 Å². The SMILES string of the molecule is CC(C)CC(N(C)[Si](C)(C)C)C1(c2ccc(Cl)cc2)CCC1O[Si](C)(C)C. The Labute approximate surface area is 174 Å². The van der Waals surface area contributed by atoms with E-state index in [2.05, 4.69) is 89.0 Å². The smallest absolute Gasteiger partial charge is 0.184 e. The minimum Gasteiger partial charge on any atom is -0.414 e. The van der Waals surface area contributed by atoms with Crippen LogP contribution in [0.2, 0.25) is 44.3 Å². The molecule has 1 saturated carbocycles. The minimum absolute atomic E-state index is 0.0736. The van der Waals surface area contributed by atoms with Crippen LogP contribution in [-0.4, -0.2) is 40.3 Å². The summed E-state index contributed by atoms with van der Waals surface area (Å²) in [5.74, 6) is 0.658. The molecule has 0 heterocycles. The van der Waals surface area contributed by atoms with Gasteiger partial charge in [-0.2, -0.15) is 0 Å². The van der Waals surface area contributed by atoms with Crippen LogP contribution in [0, 0.1) is 5.92 Å². The standard InChI is InChI=1S/C22H40ClNOSi2/c1-17(2)16-20(24(3)26(4,5)6)22(18-10-12-19(23)13-11-18)15-14-21(22)25-27(7,8)9/h10-13,17,20-21H,14-16H2,1-9H3. The van der Waals surface area contributed by atoms with E-state index in [-0.39, 0.29) is 5.41 Å². The van der Waals surface area contributed by atoms with Crippen molar-refractivity contribution in [1.29, 1.82) is 0 Å². The average molecular weight is 426 g/mol. The summed E-state index contributed by atoms with van der Waals surface area (Å²) < 4.78 is 9.53. The van der Waals surface area contributed by atoms with Crippen molar-refractivity contribution < 1.29 is 4.43 Å². The first kappa shape index (κ1) is 23.1. The van der Waals surface area contributed by atoms with E-state index in [9.17, 15) is 0 Å². The summed E-state index contributed by atoms with van der Waals surface area (Å²) in [5.41, 5.74) is 1.49. The van der Waals surface area contributed by atoms with Gasteiger partial charge >= 0.3 is 0 Å². The van der Waals surface area contributed by atoms with Crippen molar-refractivity contribution in [3.8, 4) is 0 Å². The lowest BCUT2D eigenvalue weighted by Gasteiger charge is -2.60. The van der Waals surface area contributed by atoms with E-state index in [1.165, 1.54) is 24.8 Å². The molecule has 0 saturated heterocycles. The molecule has 1 aromatic rings. The first-order chi connectivity index (χ1) is 12.3. The second-order valence-electron chi connectivity index (χ2n) is 10.7. The Morgan fingerprint density at radius 2 is 1.67 bits per heavy atom. The van der Waals surface area contributed by atoms with Gasteiger partial charge in [-0.25, -0.2) is 0 Å². The van der Waals surface area contributed by atoms with Crippen LogP contribution in [-0.2, 0) is 9.84 Å². The molecule has 0 spiro atoms. The van der Waals surface area contributed by atoms with Crippen molar-refractivity contribution >= 4 is 28.2 Å². The molecular weight excluding hydrogens is 386 g/mol. The fourth-order valence-electron chi connectivity index (χ4n) is 4.46. The van der Waals surface area contributed by atoms with Gasteiger partial charge in [0.25, 0.3) is 0 Å². The molecule has 3 unspecified atom stereocenters. The molecule has 154 valence electrons. The van der Waals surface area contributed by atoms with Crippen LogP contribution >= 0.6 is 11.6 Å². The fraction of sp³-hybridized carbons (Fsp3) is 0.727. The summed E-state index contributed by atoms with van der Waals surface area (Å²) in [5, 5.41) is 0.815. The van der Waals surface area contributed by atoms with Crippen molar-refractivity contribution in [3.63, 3.8) is 0 Å². The Morgan fingerprint density at radius 1 is 1.11 bits per heavy atom. The molecule has 3 atom stereocenters. The predicted molar refractivity (Wildman–Crippen MR) is 125 cm³/mol. The molecule has 0 amide bonds. The number of hydrogen-bond donors (Lipinski definition) is 0. The highest BCUT2D eigenvalue weighted by Crippen LogP contribution is 2.52. The average Bonchev–Trinajstić information content (AvgIpc) is 2.50. The highest BCUT2D eigenvalue weighted by Gasteiger charge is 2.56. The lowest BCUT2D eigenvalue weighted by atomic mass is 9.56. The zero-order chi connectivity index (χ0) is 20.6. The highest BCUT2D eigenvalue weighted by molar-refractivity contribution is 6.73. The van der Waals surface area contributed by atoms with Gasteiger partial charge in [0.2, 0.25) is 0 Å². The first-order valence-corrected chi connectivity index (χ1v) is 17.7. The summed E-state index contributed by atoms with van der Waals surface area (Å²) >= 11 is 6.24. The first-order valence-electron chi connectivity index (χ1n) is 10.4. The van der Waals surface area contributed by atoms with E-state index in [0.29, 0.717) is 18.1 Å². The lowest BCUT2D eigenvalue weighted by Crippen LogP contribution is -2.67. The van der Waals surface area contributed by atoms with Gasteiger partial charge in [0.1, 0.15) is 8.24 Å². The van der Waals surface area contributed by atoms with E-state index in [4.69, 9.17) is 16.0 Å². The second kappa shape index (κ2) is 8.31. The molecule has 0 aliphatic heterocycles. The Bertz CT molecular complexity index is 621. The number of nitrogens with zero attached hydrogens (tertiary/aromatic N) is 1. The quantitative estimate of drug-likeness (QED) is 0.426. The predicted octanol–water partition coefficient (Wildman–Crippen LogP) is 6.77. The second-order valence-corrected chi connectivity index (χ2v) is 20.7. The van der Waals surface area contributed by atoms with Crippen molar-refractivity contribution in [3.05, 3.63) is 34.9 Å². The topological polar surface area (TPSA) is 12.5 Å². The van der Waals surface area contributed by atoms with Crippen LogP contribution < -0.4 is 0 Å². The van der Waals surface area contributed by atoms with Crippen LogP contribution in [0.4, 0.5) is 0 Å². The fourth-order valence-corrected chi connectivity index (χ4v) is 7.03. The number of rotatable bonds is 8. The molecule has 0 bridgehead atoms. The highest BCUT2D eigenvalue weighted by atomic mass is 35.5. The molecule has 0 N–H and O–H groups in total. The van der Waals surface area contributed by atoms with Gasteiger partial charge < -0.3 is 8.99 Å². The van der Waals surface area contributed by atoms with E-state index in [0.717, 1.165) is 5.02 Å². The minimum atomic E-state index is -1.62. The number of hydrogen-bond acceptors (Lipinski definition) is 2. The van der Waals surface area contributed by atoms with E-state index >= 15 is 0 Å². The molecule has 0 aromatic heterocycles. The summed E-state index contributed by atoms with van der Waals surface area (Å²) in [7, 11) is -0.712. The van der Waals surface area contributed by atoms with E-state index in [1.807, 2.05) is 0 Å². The van der Waals surface area contributed by atoms with Crippen molar-refractivity contribution in [2.45, 2.75) is 90.0 Å². The normalized spacial score (nSPS) is 25.0. The summed E-state index contributed by atoms with van der Waals surface area (Å²) in [6.45, 7) is 19.0. The third-order valence-electron chi connectivity index (χ3n) is 6.09. The van der Waals surface area contributed by atoms with Crippen molar-refractivity contribution in [2.24, 2.45) is 5.92 Å². The van der Waals surface area contributed by atoms with Crippen molar-refractivity contribution in [2.75, 3.05) is 7.05 Å². The summed E-state index contributed by atoms with van der Waals surface area (Å²) in [4.78, 5) is 0. The maximum Gasteiger partial charge on any atom is 0.184 e. The maximum atomic E-state index is 6.79. The van der Waals surface area contributed by atoms with Crippen LogP contribution in [0.1, 0.15) is 38.7 Å². The molecule has 5 heteroatoms. The molecule has 2 rings (SSSR count). The molecule has 1 fully saturated rings. The van der Waals surface area contributed by atoms with E-state index < -0.39 is 16.6 Å². The third-order valence-corrected chi connectivity index (χ3v) is 9.76. The molecule has 1 aromatic carbocycles. The van der Waals surface area contributed by atoms with Crippen LogP contribution in [0.15, 0.2) is 24.3 Å². The Hall–Kier alpha value is -0.136. The van der Waals surface area contributed by atoms with Crippen molar-refractivity contribution in [1.82, 2.24) is 4.57 Å². The Balaban J connectivity index is 2.56. The molecule has 1 aliphatic carbocycles. The number of benzene rings is 1. The van der Waals surface area contributed by atoms with Gasteiger partial charge in [-0.1, -0.05) is 57.2 Å². The van der Waals surface area contributed by atoms with Gasteiger partial charge in [0.05, 0.1) is 6.10 Å². The van der Waals surface area contributed by atoms with Gasteiger partial charge in [-0.05, 0) is 69.6 Å². The van der Waals surface area contributed by atoms with Gasteiger partial charge in [0.15, 0.2) is 8.32 Å². The third kappa shape index (κ3) is 5.27. The van der Waals surface area contributed by atoms with E-state index in [1.54, 1.807) is 0 Å². The molecule has 2 nitrogen and oxygen atoms in total. The zero-order valence-corrected chi connectivity index (χ0v) is 21.7. The number of halogens is 1. The molecule has 1 aliphatic rings. The van der Waals surface area contributed by atoms with Gasteiger partial charge in [-0.15, -0.1) is 0 Å². The summed E-state index contributed by atoms with van der Waals surface area (Å²) in [6.07, 6.45) is 3.89. The van der Waals surface area contributed by atoms with Gasteiger partial charge in [-0.3, -0.25) is 0 Å².